The van der Waals surface area contributed by atoms with E-state index in [2.05, 4.69) is 14.6 Å². The van der Waals surface area contributed by atoms with Crippen molar-refractivity contribution in [2.45, 2.75) is 26.1 Å². The second-order valence-electron chi connectivity index (χ2n) is 3.57. The second kappa shape index (κ2) is 4.27. The van der Waals surface area contributed by atoms with Gasteiger partial charge in [0, 0.05) is 31.2 Å². The molecule has 2 aromatic rings. The van der Waals surface area contributed by atoms with E-state index in [9.17, 15) is 0 Å². The zero-order valence-electron chi connectivity index (χ0n) is 8.74. The van der Waals surface area contributed by atoms with Gasteiger partial charge in [-0.25, -0.2) is 4.98 Å². The summed E-state index contributed by atoms with van der Waals surface area (Å²) >= 11 is 0. The molecule has 5 heteroatoms. The standard InChI is InChI=1S/C10H15N5/c1-9(11)10-7-12-8-14(10)5-6-15-4-2-3-13-15/h2-4,7-9H,5-6,11H2,1H3/t9-/m1/s1. The lowest BCUT2D eigenvalue weighted by Gasteiger charge is -2.10. The molecule has 0 aliphatic heterocycles. The first-order valence-electron chi connectivity index (χ1n) is 5.00. The Kier molecular flexibility index (Phi) is 2.82. The van der Waals surface area contributed by atoms with Crippen molar-refractivity contribution in [1.82, 2.24) is 19.3 Å². The maximum atomic E-state index is 5.82. The van der Waals surface area contributed by atoms with Gasteiger partial charge in [-0.2, -0.15) is 5.10 Å². The lowest BCUT2D eigenvalue weighted by atomic mass is 10.3. The largest absolute Gasteiger partial charge is 0.331 e. The molecule has 1 atom stereocenters. The molecule has 0 amide bonds. The third kappa shape index (κ3) is 2.24. The summed E-state index contributed by atoms with van der Waals surface area (Å²) in [5, 5.41) is 4.14. The molecule has 2 rings (SSSR count). The van der Waals surface area contributed by atoms with Gasteiger partial charge in [0.1, 0.15) is 0 Å². The van der Waals surface area contributed by atoms with Gasteiger partial charge in [-0.3, -0.25) is 4.68 Å². The van der Waals surface area contributed by atoms with Crippen molar-refractivity contribution in [3.05, 3.63) is 36.7 Å². The minimum atomic E-state index is 0.0186. The van der Waals surface area contributed by atoms with Crippen molar-refractivity contribution >= 4 is 0 Å². The fourth-order valence-corrected chi connectivity index (χ4v) is 1.54. The predicted molar refractivity (Wildman–Crippen MR) is 57.1 cm³/mol. The van der Waals surface area contributed by atoms with E-state index in [1.807, 2.05) is 36.4 Å². The molecule has 15 heavy (non-hydrogen) atoms. The molecule has 0 aliphatic rings. The number of imidazole rings is 1. The molecular formula is C10H15N5. The number of hydrogen-bond acceptors (Lipinski definition) is 3. The van der Waals surface area contributed by atoms with Crippen LogP contribution in [0.2, 0.25) is 0 Å². The zero-order valence-corrected chi connectivity index (χ0v) is 8.74. The highest BCUT2D eigenvalue weighted by atomic mass is 15.3. The number of aromatic nitrogens is 4. The van der Waals surface area contributed by atoms with Gasteiger partial charge in [0.15, 0.2) is 0 Å². The highest BCUT2D eigenvalue weighted by Gasteiger charge is 2.05. The van der Waals surface area contributed by atoms with E-state index < -0.39 is 0 Å². The molecule has 0 bridgehead atoms. The summed E-state index contributed by atoms with van der Waals surface area (Å²) in [5.74, 6) is 0. The van der Waals surface area contributed by atoms with E-state index in [0.29, 0.717) is 0 Å². The summed E-state index contributed by atoms with van der Waals surface area (Å²) < 4.78 is 3.96. The van der Waals surface area contributed by atoms with Gasteiger partial charge in [-0.05, 0) is 13.0 Å². The van der Waals surface area contributed by atoms with Gasteiger partial charge in [-0.1, -0.05) is 0 Å². The monoisotopic (exact) mass is 205 g/mol. The molecule has 2 heterocycles. The third-order valence-electron chi connectivity index (χ3n) is 2.34. The molecule has 80 valence electrons. The normalized spacial score (nSPS) is 12.9. The minimum absolute atomic E-state index is 0.0186. The smallest absolute Gasteiger partial charge is 0.0949 e. The minimum Gasteiger partial charge on any atom is -0.331 e. The first-order valence-corrected chi connectivity index (χ1v) is 5.00. The Hall–Kier alpha value is -1.62. The van der Waals surface area contributed by atoms with Gasteiger partial charge in [0.05, 0.1) is 18.6 Å². The number of aryl methyl sites for hydroxylation is 2. The molecule has 0 spiro atoms. The lowest BCUT2D eigenvalue weighted by molar-refractivity contribution is 0.513. The Morgan fingerprint density at radius 2 is 2.33 bits per heavy atom. The van der Waals surface area contributed by atoms with Crippen LogP contribution in [0.15, 0.2) is 31.0 Å². The highest BCUT2D eigenvalue weighted by molar-refractivity contribution is 5.02. The van der Waals surface area contributed by atoms with Crippen molar-refractivity contribution in [1.29, 1.82) is 0 Å². The second-order valence-corrected chi connectivity index (χ2v) is 3.57. The van der Waals surface area contributed by atoms with E-state index in [4.69, 9.17) is 5.73 Å². The van der Waals surface area contributed by atoms with Crippen LogP contribution >= 0.6 is 0 Å². The van der Waals surface area contributed by atoms with Gasteiger partial charge in [0.25, 0.3) is 0 Å². The zero-order chi connectivity index (χ0) is 10.7. The maximum Gasteiger partial charge on any atom is 0.0949 e. The quantitative estimate of drug-likeness (QED) is 0.803. The van der Waals surface area contributed by atoms with Crippen LogP contribution in [0.25, 0.3) is 0 Å². The Bertz CT molecular complexity index is 401. The molecule has 0 saturated heterocycles. The molecule has 0 aliphatic carbocycles. The van der Waals surface area contributed by atoms with Gasteiger partial charge >= 0.3 is 0 Å². The molecule has 0 unspecified atom stereocenters. The summed E-state index contributed by atoms with van der Waals surface area (Å²) in [6, 6.07) is 1.94. The predicted octanol–water partition coefficient (Wildman–Crippen LogP) is 0.799. The van der Waals surface area contributed by atoms with Crippen molar-refractivity contribution in [3.8, 4) is 0 Å². The van der Waals surface area contributed by atoms with E-state index in [1.165, 1.54) is 0 Å². The molecule has 2 N–H and O–H groups in total. The average molecular weight is 205 g/mol. The van der Waals surface area contributed by atoms with Crippen LogP contribution in [0.1, 0.15) is 18.7 Å². The van der Waals surface area contributed by atoms with Crippen LogP contribution in [0.5, 0.6) is 0 Å². The van der Waals surface area contributed by atoms with Gasteiger partial charge in [0.2, 0.25) is 0 Å². The number of nitrogens with two attached hydrogens (primary N) is 1. The Morgan fingerprint density at radius 1 is 1.47 bits per heavy atom. The number of rotatable bonds is 4. The average Bonchev–Trinajstić information content (AvgIpc) is 2.86. The Labute approximate surface area is 88.5 Å². The summed E-state index contributed by atoms with van der Waals surface area (Å²) in [7, 11) is 0. The van der Waals surface area contributed by atoms with Crippen molar-refractivity contribution in [2.75, 3.05) is 0 Å². The van der Waals surface area contributed by atoms with E-state index in [-0.39, 0.29) is 6.04 Å². The number of nitrogens with zero attached hydrogens (tertiary/aromatic N) is 4. The number of hydrogen-bond donors (Lipinski definition) is 1. The summed E-state index contributed by atoms with van der Waals surface area (Å²) in [4.78, 5) is 4.10. The third-order valence-corrected chi connectivity index (χ3v) is 2.34. The van der Waals surface area contributed by atoms with Gasteiger partial charge < -0.3 is 10.3 Å². The van der Waals surface area contributed by atoms with E-state index in [0.717, 1.165) is 18.8 Å². The first kappa shape index (κ1) is 9.92. The van der Waals surface area contributed by atoms with Crippen molar-refractivity contribution < 1.29 is 0 Å². The van der Waals surface area contributed by atoms with Crippen LogP contribution in [-0.4, -0.2) is 19.3 Å². The summed E-state index contributed by atoms with van der Waals surface area (Å²) in [5.41, 5.74) is 6.88. The van der Waals surface area contributed by atoms with Crippen LogP contribution in [-0.2, 0) is 13.1 Å². The lowest BCUT2D eigenvalue weighted by Crippen LogP contribution is -2.14. The highest BCUT2D eigenvalue weighted by Crippen LogP contribution is 2.08. The van der Waals surface area contributed by atoms with Crippen molar-refractivity contribution in [3.63, 3.8) is 0 Å². The molecular weight excluding hydrogens is 190 g/mol. The van der Waals surface area contributed by atoms with E-state index in [1.54, 1.807) is 6.20 Å². The molecule has 0 saturated carbocycles. The van der Waals surface area contributed by atoms with Crippen molar-refractivity contribution in [2.24, 2.45) is 5.73 Å². The molecule has 0 fully saturated rings. The summed E-state index contributed by atoms with van der Waals surface area (Å²) in [6.07, 6.45) is 7.35. The molecule has 2 aromatic heterocycles. The van der Waals surface area contributed by atoms with Crippen LogP contribution in [0.4, 0.5) is 0 Å². The van der Waals surface area contributed by atoms with Gasteiger partial charge in [-0.15, -0.1) is 0 Å². The Balaban J connectivity index is 2.02. The molecule has 0 radical (unpaired) electrons. The fourth-order valence-electron chi connectivity index (χ4n) is 1.54. The van der Waals surface area contributed by atoms with Crippen LogP contribution in [0, 0.1) is 0 Å². The first-order chi connectivity index (χ1) is 7.27. The van der Waals surface area contributed by atoms with E-state index >= 15 is 0 Å². The fraction of sp³-hybridized carbons (Fsp3) is 0.400. The van der Waals surface area contributed by atoms with Crippen LogP contribution in [0.3, 0.4) is 0 Å². The topological polar surface area (TPSA) is 61.7 Å². The Morgan fingerprint density at radius 3 is 3.00 bits per heavy atom. The molecule has 5 nitrogen and oxygen atoms in total. The molecule has 0 aromatic carbocycles. The maximum absolute atomic E-state index is 5.82. The SMILES string of the molecule is C[C@@H](N)c1cncn1CCn1cccn1. The summed E-state index contributed by atoms with van der Waals surface area (Å²) in [6.45, 7) is 3.64. The van der Waals surface area contributed by atoms with Crippen LogP contribution < -0.4 is 5.73 Å².